The summed E-state index contributed by atoms with van der Waals surface area (Å²) in [4.78, 5) is 18.9. The topological polar surface area (TPSA) is 81.2 Å². The van der Waals surface area contributed by atoms with Gasteiger partial charge in [0, 0.05) is 22.9 Å². The molecule has 31 heavy (non-hydrogen) atoms. The Kier molecular flexibility index (Phi) is 5.32. The third-order valence-corrected chi connectivity index (χ3v) is 6.59. The highest BCUT2D eigenvalue weighted by atomic mass is 32.2. The number of fused-ring (bicyclic) bond motifs is 1. The molecule has 4 rings (SSSR count). The first-order chi connectivity index (χ1) is 14.7. The number of aromatic nitrogens is 2. The zero-order valence-electron chi connectivity index (χ0n) is 16.9. The summed E-state index contributed by atoms with van der Waals surface area (Å²) in [5.74, 6) is -0.665. The Morgan fingerprint density at radius 2 is 1.61 bits per heavy atom. The second-order valence-electron chi connectivity index (χ2n) is 7.51. The molecule has 1 aliphatic heterocycles. The van der Waals surface area contributed by atoms with Crippen LogP contribution in [0.4, 0.5) is 8.78 Å². The van der Waals surface area contributed by atoms with Crippen LogP contribution in [0.25, 0.3) is 17.5 Å². The quantitative estimate of drug-likeness (QED) is 0.671. The predicted molar refractivity (Wildman–Crippen MR) is 113 cm³/mol. The maximum atomic E-state index is 13.6. The van der Waals surface area contributed by atoms with Crippen LogP contribution in [0, 0.1) is 11.6 Å². The van der Waals surface area contributed by atoms with E-state index < -0.39 is 28.0 Å². The highest BCUT2D eigenvalue weighted by Gasteiger charge is 2.40. The minimum Gasteiger partial charge on any atom is -0.322 e. The molecule has 9 heteroatoms. The van der Waals surface area contributed by atoms with E-state index in [1.165, 1.54) is 41.3 Å². The summed E-state index contributed by atoms with van der Waals surface area (Å²) in [6, 6.07) is 11.1. The molecule has 1 atom stereocenters. The maximum Gasteiger partial charge on any atom is 0.241 e. The molecule has 2 N–H and O–H groups in total. The van der Waals surface area contributed by atoms with Crippen molar-refractivity contribution in [2.45, 2.75) is 29.3 Å². The van der Waals surface area contributed by atoms with Gasteiger partial charge in [-0.05, 0) is 62.4 Å². The van der Waals surface area contributed by atoms with Gasteiger partial charge in [0.05, 0.1) is 6.54 Å². The van der Waals surface area contributed by atoms with Gasteiger partial charge in [-0.15, -0.1) is 0 Å². The minimum absolute atomic E-state index is 0.173. The molecule has 0 saturated carbocycles. The second kappa shape index (κ2) is 7.82. The zero-order chi connectivity index (χ0) is 22.3. The summed E-state index contributed by atoms with van der Waals surface area (Å²) in [5, 5.41) is 0.345. The molecule has 0 bridgehead atoms. The Hall–Kier alpha value is -3.17. The molecule has 0 fully saturated rings. The number of nitrogens with zero attached hydrogens (tertiary/aromatic N) is 3. The van der Waals surface area contributed by atoms with E-state index in [0.29, 0.717) is 27.0 Å². The fourth-order valence-electron chi connectivity index (χ4n) is 3.55. The van der Waals surface area contributed by atoms with Gasteiger partial charge in [-0.25, -0.2) is 18.0 Å². The molecule has 2 heterocycles. The fraction of sp³-hybridized carbons (Fsp3) is 0.182. The summed E-state index contributed by atoms with van der Waals surface area (Å²) in [5.41, 5.74) is 5.62. The summed E-state index contributed by atoms with van der Waals surface area (Å²) in [7, 11) is -1.73. The van der Waals surface area contributed by atoms with Crippen molar-refractivity contribution in [3.05, 3.63) is 72.2 Å². The third-order valence-electron chi connectivity index (χ3n) is 5.15. The second-order valence-corrected chi connectivity index (χ2v) is 8.91. The van der Waals surface area contributed by atoms with E-state index in [-0.39, 0.29) is 12.5 Å². The molecule has 1 amide bonds. The Balaban J connectivity index is 1.94. The molecule has 6 nitrogen and oxygen atoms in total. The van der Waals surface area contributed by atoms with Crippen LogP contribution < -0.4 is 5.73 Å². The zero-order valence-corrected chi connectivity index (χ0v) is 17.7. The first-order valence-electron chi connectivity index (χ1n) is 9.50. The van der Waals surface area contributed by atoms with Crippen LogP contribution >= 0.6 is 0 Å². The molecular formula is C22H20F2N4O2S. The van der Waals surface area contributed by atoms with E-state index in [0.717, 1.165) is 0 Å². The van der Waals surface area contributed by atoms with Gasteiger partial charge in [-0.1, -0.05) is 0 Å². The van der Waals surface area contributed by atoms with Crippen molar-refractivity contribution < 1.29 is 17.8 Å². The Labute approximate surface area is 180 Å². The molecule has 2 aromatic carbocycles. The standard InChI is InChI=1S/C22H20F2N4O2S/c1-22(2)21-26-19(14-3-5-15(23)6-4-14)20(27(21)11-12-28(22)18(29)13-25)31(30)17-9-7-16(24)8-10-17/h3-12H,13,25H2,1-2H3. The average Bonchev–Trinajstić information content (AvgIpc) is 3.15. The van der Waals surface area contributed by atoms with Crippen LogP contribution in [0.5, 0.6) is 0 Å². The molecule has 1 aromatic heterocycles. The van der Waals surface area contributed by atoms with E-state index in [2.05, 4.69) is 0 Å². The first-order valence-corrected chi connectivity index (χ1v) is 10.7. The third kappa shape index (κ3) is 3.60. The van der Waals surface area contributed by atoms with E-state index in [1.54, 1.807) is 29.1 Å². The highest BCUT2D eigenvalue weighted by Crippen LogP contribution is 2.38. The Morgan fingerprint density at radius 3 is 2.19 bits per heavy atom. The van der Waals surface area contributed by atoms with E-state index in [1.807, 2.05) is 13.8 Å². The van der Waals surface area contributed by atoms with Gasteiger partial charge in [-0.3, -0.25) is 9.36 Å². The molecule has 1 unspecified atom stereocenters. The van der Waals surface area contributed by atoms with Crippen molar-refractivity contribution in [3.8, 4) is 11.3 Å². The van der Waals surface area contributed by atoms with Crippen molar-refractivity contribution in [2.75, 3.05) is 6.54 Å². The SMILES string of the molecule is CC1(C)c2nc(-c3ccc(F)cc3)c(S(=O)c3ccc(F)cc3)n2C=CN1C(=O)CN. The Morgan fingerprint density at radius 1 is 1.03 bits per heavy atom. The van der Waals surface area contributed by atoms with Crippen LogP contribution in [0.2, 0.25) is 0 Å². The number of imidazole rings is 1. The lowest BCUT2D eigenvalue weighted by atomic mass is 10.0. The number of nitrogens with two attached hydrogens (primary N) is 1. The normalized spacial score (nSPS) is 15.6. The summed E-state index contributed by atoms with van der Waals surface area (Å²) < 4.78 is 42.1. The number of rotatable bonds is 4. The largest absolute Gasteiger partial charge is 0.322 e. The van der Waals surface area contributed by atoms with Crippen LogP contribution in [0.1, 0.15) is 19.7 Å². The van der Waals surface area contributed by atoms with Gasteiger partial charge in [0.1, 0.15) is 44.5 Å². The predicted octanol–water partition coefficient (Wildman–Crippen LogP) is 3.46. The lowest BCUT2D eigenvalue weighted by Gasteiger charge is -2.38. The molecule has 0 aliphatic carbocycles. The fourth-order valence-corrected chi connectivity index (χ4v) is 4.82. The van der Waals surface area contributed by atoms with Gasteiger partial charge in [0.2, 0.25) is 5.91 Å². The lowest BCUT2D eigenvalue weighted by molar-refractivity contribution is -0.132. The van der Waals surface area contributed by atoms with E-state index in [9.17, 15) is 17.8 Å². The van der Waals surface area contributed by atoms with E-state index >= 15 is 0 Å². The molecule has 0 spiro atoms. The molecule has 1 aliphatic rings. The number of halogens is 2. The minimum atomic E-state index is -1.73. The molecular weight excluding hydrogens is 422 g/mol. The first kappa shape index (κ1) is 21.1. The number of hydrogen-bond acceptors (Lipinski definition) is 4. The van der Waals surface area contributed by atoms with Crippen LogP contribution in [-0.2, 0) is 21.1 Å². The summed E-state index contributed by atoms with van der Waals surface area (Å²) in [6.45, 7) is 3.44. The van der Waals surface area contributed by atoms with Gasteiger partial charge in [-0.2, -0.15) is 0 Å². The van der Waals surface area contributed by atoms with Crippen molar-refractivity contribution in [2.24, 2.45) is 5.73 Å². The Bertz CT molecular complexity index is 1200. The highest BCUT2D eigenvalue weighted by molar-refractivity contribution is 7.85. The van der Waals surface area contributed by atoms with Gasteiger partial charge in [0.25, 0.3) is 0 Å². The van der Waals surface area contributed by atoms with Crippen molar-refractivity contribution in [1.82, 2.24) is 14.5 Å². The summed E-state index contributed by atoms with van der Waals surface area (Å²) >= 11 is 0. The van der Waals surface area contributed by atoms with E-state index in [4.69, 9.17) is 10.7 Å². The van der Waals surface area contributed by atoms with Crippen molar-refractivity contribution >= 4 is 22.9 Å². The average molecular weight is 442 g/mol. The monoisotopic (exact) mass is 442 g/mol. The van der Waals surface area contributed by atoms with Gasteiger partial charge in [0.15, 0.2) is 0 Å². The summed E-state index contributed by atoms with van der Waals surface area (Å²) in [6.07, 6.45) is 3.18. The molecule has 0 saturated heterocycles. The van der Waals surface area contributed by atoms with Gasteiger partial charge < -0.3 is 10.6 Å². The number of carbonyl (C=O) groups excluding carboxylic acids is 1. The number of amides is 1. The number of carbonyl (C=O) groups is 1. The molecule has 0 radical (unpaired) electrons. The molecule has 160 valence electrons. The van der Waals surface area contributed by atoms with Crippen molar-refractivity contribution in [1.29, 1.82) is 0 Å². The number of hydrogen-bond donors (Lipinski definition) is 1. The van der Waals surface area contributed by atoms with Crippen LogP contribution in [-0.4, -0.2) is 31.1 Å². The lowest BCUT2D eigenvalue weighted by Crippen LogP contribution is -2.47. The van der Waals surface area contributed by atoms with Crippen molar-refractivity contribution in [3.63, 3.8) is 0 Å². The molecule has 3 aromatic rings. The smallest absolute Gasteiger partial charge is 0.241 e. The van der Waals surface area contributed by atoms with Crippen LogP contribution in [0.15, 0.2) is 64.7 Å². The van der Waals surface area contributed by atoms with Crippen LogP contribution in [0.3, 0.4) is 0 Å². The maximum absolute atomic E-state index is 13.6. The number of benzene rings is 2. The van der Waals surface area contributed by atoms with Gasteiger partial charge >= 0.3 is 0 Å².